The first-order valence-electron chi connectivity index (χ1n) is 7.55. The molecule has 0 atom stereocenters. The summed E-state index contributed by atoms with van der Waals surface area (Å²) < 4.78 is 39.4. The van der Waals surface area contributed by atoms with Crippen molar-refractivity contribution in [1.29, 1.82) is 0 Å². The molecule has 0 amide bonds. The molecule has 0 N–H and O–H groups in total. The van der Waals surface area contributed by atoms with Gasteiger partial charge >= 0.3 is 0 Å². The second kappa shape index (κ2) is 6.37. The molecular weight excluding hydrogens is 319 g/mol. The summed E-state index contributed by atoms with van der Waals surface area (Å²) in [6.45, 7) is 5.01. The summed E-state index contributed by atoms with van der Waals surface area (Å²) >= 11 is 0. The van der Waals surface area contributed by atoms with Gasteiger partial charge in [-0.2, -0.15) is 0 Å². The third-order valence-electron chi connectivity index (χ3n) is 4.08. The molecule has 2 aromatic rings. The first-order valence-corrected chi connectivity index (χ1v) is 9.20. The number of benzene rings is 1. The van der Waals surface area contributed by atoms with Gasteiger partial charge in [-0.15, -0.1) is 10.2 Å². The quantitative estimate of drug-likeness (QED) is 0.771. The molecule has 0 radical (unpaired) electrons. The van der Waals surface area contributed by atoms with Gasteiger partial charge in [0.15, 0.2) is 9.84 Å². The molecule has 8 heteroatoms. The molecule has 0 fully saturated rings. The van der Waals surface area contributed by atoms with Crippen LogP contribution in [0.1, 0.15) is 18.1 Å². The first-order chi connectivity index (χ1) is 11.0. The molecule has 0 aliphatic carbocycles. The molecule has 2 heterocycles. The topological polar surface area (TPSA) is 68.1 Å². The van der Waals surface area contributed by atoms with Gasteiger partial charge in [0.05, 0.1) is 17.2 Å². The maximum absolute atomic E-state index is 12.9. The van der Waals surface area contributed by atoms with E-state index in [1.54, 1.807) is 0 Å². The summed E-state index contributed by atoms with van der Waals surface area (Å²) in [4.78, 5) is 2.36. The number of hydrogen-bond donors (Lipinski definition) is 0. The summed E-state index contributed by atoms with van der Waals surface area (Å²) in [6.07, 6.45) is 0.535. The van der Waals surface area contributed by atoms with E-state index in [9.17, 15) is 12.8 Å². The maximum atomic E-state index is 12.9. The number of nitrogens with zero attached hydrogens (tertiary/aromatic N) is 4. The van der Waals surface area contributed by atoms with Gasteiger partial charge in [-0.1, -0.05) is 0 Å². The smallest absolute Gasteiger partial charge is 0.178 e. The molecule has 0 unspecified atom stereocenters. The molecule has 0 saturated heterocycles. The molecule has 1 aliphatic rings. The summed E-state index contributed by atoms with van der Waals surface area (Å²) in [5, 5.41) is 8.20. The SMILES string of the molecule is Cc1nnc2n1CCN(CCCS(=O)(=O)c1ccc(F)cc1)C2. The van der Waals surface area contributed by atoms with Crippen molar-refractivity contribution in [3.8, 4) is 0 Å². The van der Waals surface area contributed by atoms with Gasteiger partial charge in [0, 0.05) is 13.1 Å². The Balaban J connectivity index is 1.54. The van der Waals surface area contributed by atoms with Gasteiger partial charge in [0.25, 0.3) is 0 Å². The highest BCUT2D eigenvalue weighted by atomic mass is 32.2. The Bertz CT molecular complexity index is 786. The fourth-order valence-electron chi connectivity index (χ4n) is 2.78. The number of halogens is 1. The van der Waals surface area contributed by atoms with E-state index in [0.717, 1.165) is 24.7 Å². The van der Waals surface area contributed by atoms with Crippen LogP contribution < -0.4 is 0 Å². The van der Waals surface area contributed by atoms with Crippen molar-refractivity contribution < 1.29 is 12.8 Å². The number of sulfone groups is 1. The Hall–Kier alpha value is -1.80. The Morgan fingerprint density at radius 2 is 1.91 bits per heavy atom. The predicted octanol–water partition coefficient (Wildman–Crippen LogP) is 1.41. The lowest BCUT2D eigenvalue weighted by atomic mass is 10.3. The van der Waals surface area contributed by atoms with E-state index in [0.29, 0.717) is 19.5 Å². The van der Waals surface area contributed by atoms with Crippen LogP contribution in [-0.2, 0) is 22.9 Å². The van der Waals surface area contributed by atoms with Crippen LogP contribution in [0.25, 0.3) is 0 Å². The normalized spacial score (nSPS) is 15.6. The predicted molar refractivity (Wildman–Crippen MR) is 83.1 cm³/mol. The molecule has 23 heavy (non-hydrogen) atoms. The Labute approximate surface area is 134 Å². The Kier molecular flexibility index (Phi) is 4.45. The van der Waals surface area contributed by atoms with Crippen molar-refractivity contribution in [3.63, 3.8) is 0 Å². The second-order valence-electron chi connectivity index (χ2n) is 5.72. The number of hydrogen-bond acceptors (Lipinski definition) is 5. The van der Waals surface area contributed by atoms with Gasteiger partial charge in [-0.05, 0) is 44.2 Å². The minimum atomic E-state index is -3.36. The van der Waals surface area contributed by atoms with Crippen molar-refractivity contribution in [2.75, 3.05) is 18.8 Å². The molecule has 0 bridgehead atoms. The van der Waals surface area contributed by atoms with Crippen LogP contribution in [-0.4, -0.2) is 46.9 Å². The van der Waals surface area contributed by atoms with Gasteiger partial charge in [0.2, 0.25) is 0 Å². The van der Waals surface area contributed by atoms with Crippen LogP contribution in [0.15, 0.2) is 29.2 Å². The van der Waals surface area contributed by atoms with Crippen LogP contribution in [0.5, 0.6) is 0 Å². The third-order valence-corrected chi connectivity index (χ3v) is 5.89. The molecule has 124 valence electrons. The molecule has 1 aromatic heterocycles. The van der Waals surface area contributed by atoms with E-state index in [-0.39, 0.29) is 10.6 Å². The monoisotopic (exact) mass is 338 g/mol. The minimum Gasteiger partial charge on any atom is -0.313 e. The summed E-state index contributed by atoms with van der Waals surface area (Å²) in [5.41, 5.74) is 0. The maximum Gasteiger partial charge on any atom is 0.178 e. The Morgan fingerprint density at radius 3 is 2.65 bits per heavy atom. The third kappa shape index (κ3) is 3.59. The highest BCUT2D eigenvalue weighted by molar-refractivity contribution is 7.91. The van der Waals surface area contributed by atoms with E-state index < -0.39 is 15.7 Å². The summed E-state index contributed by atoms with van der Waals surface area (Å²) in [5.74, 6) is 1.46. The van der Waals surface area contributed by atoms with Gasteiger partial charge in [0.1, 0.15) is 17.5 Å². The van der Waals surface area contributed by atoms with Crippen molar-refractivity contribution in [3.05, 3.63) is 41.7 Å². The van der Waals surface area contributed by atoms with E-state index in [1.807, 2.05) is 6.92 Å². The van der Waals surface area contributed by atoms with Crippen molar-refractivity contribution in [2.24, 2.45) is 0 Å². The van der Waals surface area contributed by atoms with Crippen LogP contribution in [0.3, 0.4) is 0 Å². The lowest BCUT2D eigenvalue weighted by molar-refractivity contribution is 0.216. The average Bonchev–Trinajstić information content (AvgIpc) is 2.88. The fraction of sp³-hybridized carbons (Fsp3) is 0.467. The average molecular weight is 338 g/mol. The second-order valence-corrected chi connectivity index (χ2v) is 7.83. The highest BCUT2D eigenvalue weighted by Crippen LogP contribution is 2.15. The molecule has 1 aromatic carbocycles. The molecular formula is C15H19FN4O2S. The lowest BCUT2D eigenvalue weighted by Crippen LogP contribution is -2.35. The van der Waals surface area contributed by atoms with Crippen molar-refractivity contribution in [2.45, 2.75) is 31.3 Å². The van der Waals surface area contributed by atoms with Crippen LogP contribution in [0, 0.1) is 12.7 Å². The fourth-order valence-corrected chi connectivity index (χ4v) is 4.08. The largest absolute Gasteiger partial charge is 0.313 e. The van der Waals surface area contributed by atoms with Crippen LogP contribution in [0.4, 0.5) is 4.39 Å². The molecule has 3 rings (SSSR count). The van der Waals surface area contributed by atoms with E-state index in [2.05, 4.69) is 19.7 Å². The van der Waals surface area contributed by atoms with Crippen LogP contribution >= 0.6 is 0 Å². The van der Waals surface area contributed by atoms with Crippen LogP contribution in [0.2, 0.25) is 0 Å². The molecule has 0 spiro atoms. The lowest BCUT2D eigenvalue weighted by Gasteiger charge is -2.27. The summed E-state index contributed by atoms with van der Waals surface area (Å²) in [6, 6.07) is 4.98. The van der Waals surface area contributed by atoms with Gasteiger partial charge in [-0.25, -0.2) is 12.8 Å². The van der Waals surface area contributed by atoms with E-state index in [4.69, 9.17) is 0 Å². The molecule has 6 nitrogen and oxygen atoms in total. The number of fused-ring (bicyclic) bond motifs is 1. The van der Waals surface area contributed by atoms with E-state index in [1.165, 1.54) is 24.3 Å². The standard InChI is InChI=1S/C15H19FN4O2S/c1-12-17-18-15-11-19(8-9-20(12)15)7-2-10-23(21,22)14-5-3-13(16)4-6-14/h3-6H,2,7-11H2,1H3. The number of aryl methyl sites for hydroxylation is 1. The van der Waals surface area contributed by atoms with Gasteiger partial charge < -0.3 is 4.57 Å². The molecule has 1 aliphatic heterocycles. The minimum absolute atomic E-state index is 0.0564. The van der Waals surface area contributed by atoms with Gasteiger partial charge in [-0.3, -0.25) is 4.90 Å². The highest BCUT2D eigenvalue weighted by Gasteiger charge is 2.20. The number of aromatic nitrogens is 3. The zero-order valence-electron chi connectivity index (χ0n) is 12.9. The zero-order chi connectivity index (χ0) is 16.4. The Morgan fingerprint density at radius 1 is 1.17 bits per heavy atom. The van der Waals surface area contributed by atoms with Crippen molar-refractivity contribution >= 4 is 9.84 Å². The van der Waals surface area contributed by atoms with Crippen molar-refractivity contribution in [1.82, 2.24) is 19.7 Å². The van der Waals surface area contributed by atoms with E-state index >= 15 is 0 Å². The zero-order valence-corrected chi connectivity index (χ0v) is 13.8. The summed E-state index contributed by atoms with van der Waals surface area (Å²) in [7, 11) is -3.36. The first kappa shape index (κ1) is 16.1. The molecule has 0 saturated carbocycles. The number of rotatable bonds is 5.